The van der Waals surface area contributed by atoms with E-state index < -0.39 is 0 Å². The van der Waals surface area contributed by atoms with Crippen molar-refractivity contribution in [1.29, 1.82) is 0 Å². The van der Waals surface area contributed by atoms with E-state index in [4.69, 9.17) is 11.6 Å². The first-order valence-corrected chi connectivity index (χ1v) is 7.10. The number of hydrogen-bond acceptors (Lipinski definition) is 5. The maximum atomic E-state index is 12.5. The molecule has 0 radical (unpaired) electrons. The molecule has 7 heteroatoms. The highest BCUT2D eigenvalue weighted by Crippen LogP contribution is 2.18. The number of aromatic nitrogens is 2. The number of benzene rings is 2. The number of anilines is 2. The highest BCUT2D eigenvalue weighted by Gasteiger charge is 2.10. The third-order valence-corrected chi connectivity index (χ3v) is 3.33. The van der Waals surface area contributed by atoms with E-state index in [2.05, 4.69) is 32.8 Å². The van der Waals surface area contributed by atoms with Gasteiger partial charge in [-0.3, -0.25) is 4.79 Å². The third-order valence-electron chi connectivity index (χ3n) is 2.99. The third kappa shape index (κ3) is 2.76. The van der Waals surface area contributed by atoms with Crippen molar-refractivity contribution in [3.63, 3.8) is 0 Å². The molecule has 0 saturated heterocycles. The molecule has 0 unspecified atom stereocenters. The Morgan fingerprint density at radius 3 is 2.64 bits per heavy atom. The number of fused-ring (bicyclic) bond motifs is 1. The fourth-order valence-corrected chi connectivity index (χ4v) is 2.21. The summed E-state index contributed by atoms with van der Waals surface area (Å²) in [6, 6.07) is 14.0. The first-order valence-electron chi connectivity index (χ1n) is 6.31. The van der Waals surface area contributed by atoms with Crippen LogP contribution in [0.15, 0.2) is 58.4 Å². The average Bonchev–Trinajstić information content (AvgIpc) is 2.53. The SMILES string of the molecule is O=c1c2ccccc2nc(Nc2ccc(Cl)cc2)n1N=C=S. The fraction of sp³-hybridized carbons (Fsp3) is 0. The van der Waals surface area contributed by atoms with E-state index >= 15 is 0 Å². The highest BCUT2D eigenvalue weighted by molar-refractivity contribution is 7.78. The van der Waals surface area contributed by atoms with Crippen molar-refractivity contribution in [2.24, 2.45) is 5.10 Å². The molecule has 5 nitrogen and oxygen atoms in total. The van der Waals surface area contributed by atoms with Crippen LogP contribution < -0.4 is 10.9 Å². The summed E-state index contributed by atoms with van der Waals surface area (Å²) in [5.74, 6) is 0.253. The van der Waals surface area contributed by atoms with Crippen LogP contribution in [0.25, 0.3) is 10.9 Å². The van der Waals surface area contributed by atoms with Crippen LogP contribution in [0.3, 0.4) is 0 Å². The molecule has 108 valence electrons. The Bertz CT molecular complexity index is 946. The van der Waals surface area contributed by atoms with Crippen LogP contribution in [0.5, 0.6) is 0 Å². The van der Waals surface area contributed by atoms with Gasteiger partial charge in [0.25, 0.3) is 5.56 Å². The Morgan fingerprint density at radius 1 is 1.18 bits per heavy atom. The molecule has 0 aliphatic heterocycles. The number of nitrogens with zero attached hydrogens (tertiary/aromatic N) is 3. The van der Waals surface area contributed by atoms with Crippen LogP contribution in [0, 0.1) is 0 Å². The summed E-state index contributed by atoms with van der Waals surface area (Å²) in [6.07, 6.45) is 0. The molecule has 1 heterocycles. The summed E-state index contributed by atoms with van der Waals surface area (Å²) in [7, 11) is 0. The quantitative estimate of drug-likeness (QED) is 0.589. The van der Waals surface area contributed by atoms with Gasteiger partial charge in [0.1, 0.15) is 0 Å². The van der Waals surface area contributed by atoms with Crippen molar-refractivity contribution in [2.45, 2.75) is 0 Å². The van der Waals surface area contributed by atoms with Gasteiger partial charge < -0.3 is 5.32 Å². The summed E-state index contributed by atoms with van der Waals surface area (Å²) >= 11 is 10.5. The van der Waals surface area contributed by atoms with Crippen molar-refractivity contribution < 1.29 is 0 Å². The molecular formula is C15H9ClN4OS. The predicted octanol–water partition coefficient (Wildman–Crippen LogP) is 3.66. The van der Waals surface area contributed by atoms with Crippen molar-refractivity contribution in [2.75, 3.05) is 5.32 Å². The molecule has 0 saturated carbocycles. The summed E-state index contributed by atoms with van der Waals surface area (Å²) < 4.78 is 1.09. The first-order chi connectivity index (χ1) is 10.7. The normalized spacial score (nSPS) is 10.2. The van der Waals surface area contributed by atoms with Crippen LogP contribution in [-0.4, -0.2) is 14.8 Å². The minimum atomic E-state index is -0.320. The van der Waals surface area contributed by atoms with Gasteiger partial charge in [-0.2, -0.15) is 4.68 Å². The number of rotatable bonds is 3. The molecule has 1 N–H and O–H groups in total. The molecule has 0 amide bonds. The van der Waals surface area contributed by atoms with Gasteiger partial charge in [-0.25, -0.2) is 4.98 Å². The van der Waals surface area contributed by atoms with Crippen LogP contribution in [0.4, 0.5) is 11.6 Å². The van der Waals surface area contributed by atoms with Crippen LogP contribution in [0.2, 0.25) is 5.02 Å². The Labute approximate surface area is 135 Å². The monoisotopic (exact) mass is 328 g/mol. The second kappa shape index (κ2) is 6.07. The molecule has 0 spiro atoms. The molecule has 0 aliphatic rings. The average molecular weight is 329 g/mol. The lowest BCUT2D eigenvalue weighted by molar-refractivity contribution is 0.833. The minimum Gasteiger partial charge on any atom is -0.324 e. The number of thiocarbonyl (C=S) groups is 1. The second-order valence-corrected chi connectivity index (χ2v) is 5.01. The Kier molecular flexibility index (Phi) is 3.98. The summed E-state index contributed by atoms with van der Waals surface area (Å²) in [5, 5.41) is 10.1. The van der Waals surface area contributed by atoms with Crippen molar-refractivity contribution in [1.82, 2.24) is 9.66 Å². The molecule has 22 heavy (non-hydrogen) atoms. The molecular weight excluding hydrogens is 320 g/mol. The zero-order valence-corrected chi connectivity index (χ0v) is 12.7. The number of halogens is 1. The molecule has 3 aromatic rings. The zero-order valence-electron chi connectivity index (χ0n) is 11.2. The second-order valence-electron chi connectivity index (χ2n) is 4.39. The lowest BCUT2D eigenvalue weighted by Gasteiger charge is -2.10. The lowest BCUT2D eigenvalue weighted by Crippen LogP contribution is -2.20. The maximum absolute atomic E-state index is 12.5. The zero-order chi connectivity index (χ0) is 15.5. The number of nitrogens with one attached hydrogen (secondary N) is 1. The first kappa shape index (κ1) is 14.4. The Balaban J connectivity index is 2.18. The summed E-state index contributed by atoms with van der Waals surface area (Å²) in [4.78, 5) is 16.9. The number of hydrogen-bond donors (Lipinski definition) is 1. The van der Waals surface area contributed by atoms with Gasteiger partial charge in [-0.1, -0.05) is 23.7 Å². The molecule has 2 aromatic carbocycles. The maximum Gasteiger partial charge on any atom is 0.284 e. The summed E-state index contributed by atoms with van der Waals surface area (Å²) in [6.45, 7) is 0. The largest absolute Gasteiger partial charge is 0.324 e. The lowest BCUT2D eigenvalue weighted by atomic mass is 10.2. The van der Waals surface area contributed by atoms with Crippen molar-refractivity contribution in [3.8, 4) is 0 Å². The van der Waals surface area contributed by atoms with E-state index in [0.29, 0.717) is 15.9 Å². The van der Waals surface area contributed by atoms with Gasteiger partial charge in [0.2, 0.25) is 5.95 Å². The van der Waals surface area contributed by atoms with Crippen LogP contribution in [0.1, 0.15) is 0 Å². The highest BCUT2D eigenvalue weighted by atomic mass is 35.5. The van der Waals surface area contributed by atoms with E-state index in [1.807, 2.05) is 6.07 Å². The van der Waals surface area contributed by atoms with Gasteiger partial charge in [0.05, 0.1) is 16.1 Å². The van der Waals surface area contributed by atoms with Gasteiger partial charge in [0.15, 0.2) is 0 Å². The minimum absolute atomic E-state index is 0.253. The smallest absolute Gasteiger partial charge is 0.284 e. The topological polar surface area (TPSA) is 59.3 Å². The Hall–Kier alpha value is -2.53. The number of isothiocyanates is 1. The molecule has 1 aromatic heterocycles. The standard InChI is InChI=1S/C15H9ClN4OS/c16-10-5-7-11(8-6-10)18-15-19-13-4-2-1-3-12(13)14(21)20(15)17-9-22/h1-8H,(H,18,19). The Morgan fingerprint density at radius 2 is 1.91 bits per heavy atom. The molecule has 0 fully saturated rings. The van der Waals surface area contributed by atoms with Crippen molar-refractivity contribution >= 4 is 51.5 Å². The van der Waals surface area contributed by atoms with Gasteiger partial charge in [-0.15, -0.1) is 5.10 Å². The van der Waals surface area contributed by atoms with E-state index in [9.17, 15) is 4.79 Å². The van der Waals surface area contributed by atoms with E-state index in [1.165, 1.54) is 0 Å². The van der Waals surface area contributed by atoms with Gasteiger partial charge in [0, 0.05) is 10.7 Å². The van der Waals surface area contributed by atoms with E-state index in [0.717, 1.165) is 10.4 Å². The van der Waals surface area contributed by atoms with E-state index in [-0.39, 0.29) is 11.5 Å². The predicted molar refractivity (Wildman–Crippen MR) is 91.2 cm³/mol. The molecule has 0 atom stereocenters. The van der Waals surface area contributed by atoms with Gasteiger partial charge in [-0.05, 0) is 48.6 Å². The van der Waals surface area contributed by atoms with Gasteiger partial charge >= 0.3 is 0 Å². The molecule has 0 bridgehead atoms. The fourth-order valence-electron chi connectivity index (χ4n) is 2.00. The number of para-hydroxylation sites is 1. The molecule has 3 rings (SSSR count). The van der Waals surface area contributed by atoms with Crippen LogP contribution in [-0.2, 0) is 0 Å². The van der Waals surface area contributed by atoms with Crippen molar-refractivity contribution in [3.05, 3.63) is 63.9 Å². The molecule has 0 aliphatic carbocycles. The van der Waals surface area contributed by atoms with Crippen LogP contribution >= 0.6 is 23.8 Å². The van der Waals surface area contributed by atoms with E-state index in [1.54, 1.807) is 42.5 Å². The summed E-state index contributed by atoms with van der Waals surface area (Å²) in [5.41, 5.74) is 0.971.